The first-order chi connectivity index (χ1) is 13.2. The van der Waals surface area contributed by atoms with Crippen molar-refractivity contribution in [2.24, 2.45) is 0 Å². The molecule has 2 aromatic carbocycles. The summed E-state index contributed by atoms with van der Waals surface area (Å²) < 4.78 is 43.8. The molecule has 0 unspecified atom stereocenters. The van der Waals surface area contributed by atoms with E-state index in [1.54, 1.807) is 24.3 Å². The van der Waals surface area contributed by atoms with Crippen LogP contribution >= 0.6 is 35.0 Å². The fraction of sp³-hybridized carbons (Fsp3) is 0.118. The molecule has 0 aliphatic rings. The van der Waals surface area contributed by atoms with Crippen molar-refractivity contribution in [2.75, 3.05) is 11.1 Å². The number of hydrogen-bond donors (Lipinski definition) is 1. The molecule has 146 valence electrons. The molecule has 3 rings (SSSR count). The standard InChI is InChI=1S/C17H10Cl2F3N3O2S/c18-11-4-2-1-3-10(11)15-24-25-16(27-15)28-8-14(26)23-13-7-9(17(20,21)22)5-6-12(13)19/h1-7H,8H2,(H,23,26). The third-order valence-corrected chi connectivity index (χ3v) is 4.88. The molecule has 11 heteroatoms. The summed E-state index contributed by atoms with van der Waals surface area (Å²) in [6.07, 6.45) is -4.54. The van der Waals surface area contributed by atoms with Crippen LogP contribution in [0.1, 0.15) is 5.56 Å². The normalized spacial score (nSPS) is 11.5. The molecule has 0 atom stereocenters. The molecule has 0 spiro atoms. The van der Waals surface area contributed by atoms with Gasteiger partial charge in [0, 0.05) is 0 Å². The second-order valence-electron chi connectivity index (χ2n) is 5.38. The van der Waals surface area contributed by atoms with E-state index in [9.17, 15) is 18.0 Å². The van der Waals surface area contributed by atoms with E-state index in [2.05, 4.69) is 15.5 Å². The number of carbonyl (C=O) groups excluding carboxylic acids is 1. The lowest BCUT2D eigenvalue weighted by Crippen LogP contribution is -2.15. The lowest BCUT2D eigenvalue weighted by atomic mass is 10.2. The molecule has 0 saturated heterocycles. The molecule has 1 N–H and O–H groups in total. The quantitative estimate of drug-likeness (QED) is 0.501. The van der Waals surface area contributed by atoms with Gasteiger partial charge in [-0.1, -0.05) is 47.1 Å². The molecule has 0 radical (unpaired) electrons. The van der Waals surface area contributed by atoms with Crippen LogP contribution in [0.5, 0.6) is 0 Å². The van der Waals surface area contributed by atoms with Crippen molar-refractivity contribution >= 4 is 46.6 Å². The Bertz CT molecular complexity index is 1010. The van der Waals surface area contributed by atoms with E-state index in [0.717, 1.165) is 30.0 Å². The van der Waals surface area contributed by atoms with Crippen LogP contribution in [0.4, 0.5) is 18.9 Å². The number of hydrogen-bond acceptors (Lipinski definition) is 5. The maximum absolute atomic E-state index is 12.8. The first-order valence-corrected chi connectivity index (χ1v) is 9.36. The summed E-state index contributed by atoms with van der Waals surface area (Å²) in [7, 11) is 0. The minimum Gasteiger partial charge on any atom is -0.411 e. The predicted molar refractivity (Wildman–Crippen MR) is 101 cm³/mol. The topological polar surface area (TPSA) is 68.0 Å². The zero-order valence-corrected chi connectivity index (χ0v) is 16.1. The zero-order valence-electron chi connectivity index (χ0n) is 13.8. The molecule has 1 heterocycles. The van der Waals surface area contributed by atoms with Crippen LogP contribution in [0.3, 0.4) is 0 Å². The Morgan fingerprint density at radius 1 is 1.11 bits per heavy atom. The Kier molecular flexibility index (Phi) is 6.17. The summed E-state index contributed by atoms with van der Waals surface area (Å²) in [4.78, 5) is 12.0. The number of halogens is 5. The fourth-order valence-corrected chi connectivity index (χ4v) is 3.07. The summed E-state index contributed by atoms with van der Waals surface area (Å²) >= 11 is 12.8. The third-order valence-electron chi connectivity index (χ3n) is 3.41. The van der Waals surface area contributed by atoms with Crippen LogP contribution in [0, 0.1) is 0 Å². The van der Waals surface area contributed by atoms with Gasteiger partial charge in [0.15, 0.2) is 0 Å². The molecule has 5 nitrogen and oxygen atoms in total. The van der Waals surface area contributed by atoms with Gasteiger partial charge in [-0.05, 0) is 30.3 Å². The van der Waals surface area contributed by atoms with Gasteiger partial charge in [0.25, 0.3) is 5.22 Å². The smallest absolute Gasteiger partial charge is 0.411 e. The second kappa shape index (κ2) is 8.42. The van der Waals surface area contributed by atoms with E-state index in [1.165, 1.54) is 0 Å². The highest BCUT2D eigenvalue weighted by atomic mass is 35.5. The maximum Gasteiger partial charge on any atom is 0.416 e. The Hall–Kier alpha value is -2.23. The van der Waals surface area contributed by atoms with Gasteiger partial charge in [0.1, 0.15) is 0 Å². The summed E-state index contributed by atoms with van der Waals surface area (Å²) in [5.41, 5.74) is -0.505. The van der Waals surface area contributed by atoms with Crippen molar-refractivity contribution in [1.82, 2.24) is 10.2 Å². The van der Waals surface area contributed by atoms with Crippen molar-refractivity contribution < 1.29 is 22.4 Å². The van der Waals surface area contributed by atoms with Gasteiger partial charge >= 0.3 is 6.18 Å². The second-order valence-corrected chi connectivity index (χ2v) is 7.12. The Morgan fingerprint density at radius 3 is 2.57 bits per heavy atom. The van der Waals surface area contributed by atoms with E-state index in [4.69, 9.17) is 27.6 Å². The average molecular weight is 448 g/mol. The highest BCUT2D eigenvalue weighted by Crippen LogP contribution is 2.34. The largest absolute Gasteiger partial charge is 0.416 e. The van der Waals surface area contributed by atoms with E-state index in [1.807, 2.05) is 0 Å². The Morgan fingerprint density at radius 2 is 1.86 bits per heavy atom. The molecule has 1 amide bonds. The van der Waals surface area contributed by atoms with Crippen molar-refractivity contribution in [1.29, 1.82) is 0 Å². The van der Waals surface area contributed by atoms with Gasteiger partial charge in [-0.2, -0.15) is 13.2 Å². The van der Waals surface area contributed by atoms with E-state index in [0.29, 0.717) is 10.6 Å². The summed E-state index contributed by atoms with van der Waals surface area (Å²) in [6.45, 7) is 0. The molecule has 0 bridgehead atoms. The summed E-state index contributed by atoms with van der Waals surface area (Å²) in [5.74, 6) is -0.561. The molecule has 3 aromatic rings. The van der Waals surface area contributed by atoms with Crippen molar-refractivity contribution in [3.05, 3.63) is 58.1 Å². The van der Waals surface area contributed by atoms with Crippen LogP contribution in [0.2, 0.25) is 10.0 Å². The lowest BCUT2D eigenvalue weighted by Gasteiger charge is -2.11. The number of carbonyl (C=O) groups is 1. The minimum atomic E-state index is -4.54. The molecular formula is C17H10Cl2F3N3O2S. The summed E-state index contributed by atoms with van der Waals surface area (Å²) in [5, 5.41) is 10.5. The maximum atomic E-state index is 12.8. The lowest BCUT2D eigenvalue weighted by molar-refractivity contribution is -0.137. The van der Waals surface area contributed by atoms with Crippen LogP contribution in [-0.4, -0.2) is 21.9 Å². The van der Waals surface area contributed by atoms with Crippen molar-refractivity contribution in [3.8, 4) is 11.5 Å². The van der Waals surface area contributed by atoms with Gasteiger partial charge in [0.2, 0.25) is 11.8 Å². The molecule has 0 aliphatic carbocycles. The highest BCUT2D eigenvalue weighted by molar-refractivity contribution is 7.99. The SMILES string of the molecule is O=C(CSc1nnc(-c2ccccc2Cl)o1)Nc1cc(C(F)(F)F)ccc1Cl. The average Bonchev–Trinajstić information content (AvgIpc) is 3.10. The van der Waals surface area contributed by atoms with Gasteiger partial charge in [-0.25, -0.2) is 0 Å². The number of amides is 1. The van der Waals surface area contributed by atoms with Gasteiger partial charge in [-0.15, -0.1) is 10.2 Å². The Labute approximate surface area is 171 Å². The number of alkyl halides is 3. The van der Waals surface area contributed by atoms with E-state index >= 15 is 0 Å². The van der Waals surface area contributed by atoms with Gasteiger partial charge in [0.05, 0.1) is 32.6 Å². The molecule has 0 aliphatic heterocycles. The van der Waals surface area contributed by atoms with Crippen molar-refractivity contribution in [2.45, 2.75) is 11.4 Å². The highest BCUT2D eigenvalue weighted by Gasteiger charge is 2.31. The fourth-order valence-electron chi connectivity index (χ4n) is 2.12. The summed E-state index contributed by atoms with van der Waals surface area (Å²) in [6, 6.07) is 9.55. The first kappa shape index (κ1) is 20.5. The molecule has 28 heavy (non-hydrogen) atoms. The number of thioether (sulfide) groups is 1. The Balaban J connectivity index is 1.63. The van der Waals surface area contributed by atoms with Gasteiger partial charge in [-0.3, -0.25) is 4.79 Å². The van der Waals surface area contributed by atoms with E-state index in [-0.39, 0.29) is 27.6 Å². The molecule has 0 fully saturated rings. The van der Waals surface area contributed by atoms with Crippen LogP contribution < -0.4 is 5.32 Å². The molecule has 0 saturated carbocycles. The van der Waals surface area contributed by atoms with Crippen molar-refractivity contribution in [3.63, 3.8) is 0 Å². The number of aromatic nitrogens is 2. The van der Waals surface area contributed by atoms with Gasteiger partial charge < -0.3 is 9.73 Å². The number of nitrogens with one attached hydrogen (secondary N) is 1. The van der Waals surface area contributed by atoms with E-state index < -0.39 is 17.6 Å². The first-order valence-electron chi connectivity index (χ1n) is 7.62. The number of benzene rings is 2. The third kappa shape index (κ3) is 4.98. The van der Waals surface area contributed by atoms with Crippen LogP contribution in [-0.2, 0) is 11.0 Å². The zero-order chi connectivity index (χ0) is 20.3. The van der Waals surface area contributed by atoms with Crippen LogP contribution in [0.15, 0.2) is 52.1 Å². The minimum absolute atomic E-state index is 0.00912. The number of rotatable bonds is 5. The molecule has 1 aromatic heterocycles. The monoisotopic (exact) mass is 447 g/mol. The van der Waals surface area contributed by atoms with Crippen LogP contribution in [0.25, 0.3) is 11.5 Å². The predicted octanol–water partition coefficient (Wildman–Crippen LogP) is 5.79. The molecular weight excluding hydrogens is 438 g/mol. The number of anilines is 1. The number of nitrogens with zero attached hydrogens (tertiary/aromatic N) is 2.